The smallest absolute Gasteiger partial charge is 0.313 e. The molecule has 0 radical (unpaired) electrons. The molecule has 0 amide bonds. The van der Waals surface area contributed by atoms with E-state index in [0.29, 0.717) is 0 Å². The van der Waals surface area contributed by atoms with Crippen LogP contribution < -0.4 is 0 Å². The van der Waals surface area contributed by atoms with Crippen LogP contribution in [0.2, 0.25) is 0 Å². The number of esters is 2. The Morgan fingerprint density at radius 2 is 0.692 bits per heavy atom. The van der Waals surface area contributed by atoms with Gasteiger partial charge in [0.2, 0.25) is 0 Å². The van der Waals surface area contributed by atoms with Gasteiger partial charge in [0.05, 0.1) is 35.5 Å². The zero-order chi connectivity index (χ0) is 29.1. The van der Waals surface area contributed by atoms with E-state index in [4.69, 9.17) is 4.74 Å². The third-order valence-electron chi connectivity index (χ3n) is 9.40. The van der Waals surface area contributed by atoms with Crippen LogP contribution in [0.25, 0.3) is 0 Å². The molecule has 4 saturated carbocycles. The maximum atomic E-state index is 12.6. The normalized spacial score (nSPS) is 39.7. The third-order valence-corrected chi connectivity index (χ3v) is 9.40. The number of carbonyl (C=O) groups is 8. The Labute approximate surface area is 218 Å². The van der Waals surface area contributed by atoms with E-state index < -0.39 is 132 Å². The van der Waals surface area contributed by atoms with Gasteiger partial charge in [-0.3, -0.25) is 38.4 Å². The van der Waals surface area contributed by atoms with Crippen LogP contribution >= 0.6 is 0 Å². The lowest BCUT2D eigenvalue weighted by molar-refractivity contribution is -0.168. The van der Waals surface area contributed by atoms with E-state index in [-0.39, 0.29) is 12.8 Å². The fraction of sp³-hybridized carbons (Fsp3) is 0.667. The van der Waals surface area contributed by atoms with E-state index in [2.05, 4.69) is 0 Å². The first kappa shape index (κ1) is 28.0. The molecule has 0 aromatic carbocycles. The zero-order valence-electron chi connectivity index (χ0n) is 20.1. The van der Waals surface area contributed by atoms with Gasteiger partial charge >= 0.3 is 47.8 Å². The molecule has 12 atom stereocenters. The summed E-state index contributed by atoms with van der Waals surface area (Å²) in [5.74, 6) is -25.8. The summed E-state index contributed by atoms with van der Waals surface area (Å²) in [6.45, 7) is 0. The van der Waals surface area contributed by atoms with Crippen LogP contribution in [0.4, 0.5) is 0 Å². The number of aliphatic carboxylic acids is 6. The minimum absolute atomic E-state index is 0.0520. The highest BCUT2D eigenvalue weighted by molar-refractivity contribution is 5.89. The van der Waals surface area contributed by atoms with E-state index in [0.717, 1.165) is 0 Å². The summed E-state index contributed by atoms with van der Waals surface area (Å²) in [6, 6.07) is 0. The Kier molecular flexibility index (Phi) is 7.12. The maximum Gasteiger partial charge on any atom is 0.313 e. The summed E-state index contributed by atoms with van der Waals surface area (Å²) < 4.78 is 4.79. The number of rotatable bonds is 10. The van der Waals surface area contributed by atoms with E-state index >= 15 is 0 Å². The van der Waals surface area contributed by atoms with Crippen molar-refractivity contribution >= 4 is 47.8 Å². The lowest BCUT2D eigenvalue weighted by atomic mass is 9.67. The molecule has 0 aromatic rings. The zero-order valence-corrected chi connectivity index (χ0v) is 20.1. The third kappa shape index (κ3) is 4.48. The average molecular weight is 554 g/mol. The summed E-state index contributed by atoms with van der Waals surface area (Å²) in [7, 11) is 0. The van der Waals surface area contributed by atoms with Crippen LogP contribution in [0.1, 0.15) is 25.7 Å². The van der Waals surface area contributed by atoms with E-state index in [1.807, 2.05) is 0 Å². The molecule has 15 heteroatoms. The van der Waals surface area contributed by atoms with Gasteiger partial charge in [0.25, 0.3) is 0 Å². The molecule has 0 spiro atoms. The highest BCUT2D eigenvalue weighted by Gasteiger charge is 2.66. The molecule has 0 aliphatic heterocycles. The van der Waals surface area contributed by atoms with Gasteiger partial charge in [-0.25, -0.2) is 0 Å². The van der Waals surface area contributed by atoms with Gasteiger partial charge in [0.1, 0.15) is 0 Å². The van der Waals surface area contributed by atoms with Crippen molar-refractivity contribution < 1.29 is 73.7 Å². The molecule has 4 aliphatic carbocycles. The second kappa shape index (κ2) is 9.93. The maximum absolute atomic E-state index is 12.6. The second-order valence-corrected chi connectivity index (χ2v) is 10.9. The first-order valence-electron chi connectivity index (χ1n) is 12.3. The van der Waals surface area contributed by atoms with E-state index in [1.54, 1.807) is 0 Å². The molecule has 4 aliphatic rings. The molecular formula is C24H26O15. The number of carboxylic acid groups (broad SMARTS) is 6. The quantitative estimate of drug-likeness (QED) is 0.148. The Bertz CT molecular complexity index is 1070. The molecular weight excluding hydrogens is 528 g/mol. The van der Waals surface area contributed by atoms with Crippen LogP contribution in [-0.4, -0.2) is 78.4 Å². The van der Waals surface area contributed by atoms with Crippen molar-refractivity contribution in [3.8, 4) is 0 Å². The molecule has 4 fully saturated rings. The first-order valence-corrected chi connectivity index (χ1v) is 12.3. The fourth-order valence-electron chi connectivity index (χ4n) is 8.30. The fourth-order valence-corrected chi connectivity index (χ4v) is 8.30. The SMILES string of the molecule is O=C(CC1C2CC(C1C(=O)O)C(C(=O)O)C2C(=O)O)OC(=O)CC1C2CC(C1C(=O)O)C(C(=O)O)C2C(=O)O. The highest BCUT2D eigenvalue weighted by Crippen LogP contribution is 2.61. The summed E-state index contributed by atoms with van der Waals surface area (Å²) in [5.41, 5.74) is 0. The van der Waals surface area contributed by atoms with Crippen LogP contribution in [0, 0.1) is 71.0 Å². The van der Waals surface area contributed by atoms with Gasteiger partial charge in [-0.2, -0.15) is 0 Å². The summed E-state index contributed by atoms with van der Waals surface area (Å²) in [5, 5.41) is 57.4. The molecule has 39 heavy (non-hydrogen) atoms. The molecule has 212 valence electrons. The average Bonchev–Trinajstić information content (AvgIpc) is 3.54. The first-order chi connectivity index (χ1) is 18.2. The van der Waals surface area contributed by atoms with Gasteiger partial charge in [-0.05, 0) is 48.3 Å². The largest absolute Gasteiger partial charge is 0.481 e. The number of carbonyl (C=O) groups excluding carboxylic acids is 2. The monoisotopic (exact) mass is 554 g/mol. The Balaban J connectivity index is 1.46. The van der Waals surface area contributed by atoms with Crippen LogP contribution in [0.15, 0.2) is 0 Å². The second-order valence-electron chi connectivity index (χ2n) is 10.9. The van der Waals surface area contributed by atoms with Crippen molar-refractivity contribution in [1.29, 1.82) is 0 Å². The molecule has 6 N–H and O–H groups in total. The number of hydrogen-bond acceptors (Lipinski definition) is 9. The summed E-state index contributed by atoms with van der Waals surface area (Å²) in [4.78, 5) is 95.9. The molecule has 15 nitrogen and oxygen atoms in total. The van der Waals surface area contributed by atoms with Gasteiger partial charge in [-0.15, -0.1) is 0 Å². The number of carboxylic acids is 6. The Hall–Kier alpha value is -4.04. The molecule has 4 rings (SSSR count). The summed E-state index contributed by atoms with van der Waals surface area (Å²) >= 11 is 0. The number of ether oxygens (including phenoxy) is 1. The topological polar surface area (TPSA) is 267 Å². The highest BCUT2D eigenvalue weighted by atomic mass is 16.6. The molecule has 0 aromatic heterocycles. The molecule has 0 heterocycles. The Morgan fingerprint density at radius 3 is 0.949 bits per heavy atom. The predicted octanol–water partition coefficient (Wildman–Crippen LogP) is -0.427. The minimum Gasteiger partial charge on any atom is -0.481 e. The minimum atomic E-state index is -1.46. The lowest BCUT2D eigenvalue weighted by Gasteiger charge is -2.35. The van der Waals surface area contributed by atoms with Gasteiger partial charge < -0.3 is 35.4 Å². The predicted molar refractivity (Wildman–Crippen MR) is 117 cm³/mol. The van der Waals surface area contributed by atoms with Crippen LogP contribution in [-0.2, 0) is 43.1 Å². The van der Waals surface area contributed by atoms with Crippen molar-refractivity contribution in [1.82, 2.24) is 0 Å². The van der Waals surface area contributed by atoms with E-state index in [9.17, 15) is 69.0 Å². The van der Waals surface area contributed by atoms with Crippen molar-refractivity contribution in [3.63, 3.8) is 0 Å². The van der Waals surface area contributed by atoms with Crippen molar-refractivity contribution in [2.45, 2.75) is 25.7 Å². The van der Waals surface area contributed by atoms with Crippen molar-refractivity contribution in [2.24, 2.45) is 71.0 Å². The van der Waals surface area contributed by atoms with E-state index in [1.165, 1.54) is 0 Å². The van der Waals surface area contributed by atoms with Crippen molar-refractivity contribution in [2.75, 3.05) is 0 Å². The molecule has 0 saturated heterocycles. The van der Waals surface area contributed by atoms with Gasteiger partial charge in [0, 0.05) is 12.8 Å². The number of hydrogen-bond donors (Lipinski definition) is 6. The van der Waals surface area contributed by atoms with Gasteiger partial charge in [0.15, 0.2) is 0 Å². The summed E-state index contributed by atoms with van der Waals surface area (Å²) in [6.07, 6.45) is -1.50. The Morgan fingerprint density at radius 1 is 0.436 bits per heavy atom. The van der Waals surface area contributed by atoms with Gasteiger partial charge in [-0.1, -0.05) is 0 Å². The van der Waals surface area contributed by atoms with Crippen LogP contribution in [0.5, 0.6) is 0 Å². The molecule has 4 bridgehead atoms. The number of fused-ring (bicyclic) bond motifs is 4. The lowest BCUT2D eigenvalue weighted by Crippen LogP contribution is -2.46. The van der Waals surface area contributed by atoms with Crippen molar-refractivity contribution in [3.05, 3.63) is 0 Å². The molecule has 12 unspecified atom stereocenters. The standard InChI is InChI=1S/C24H26O15/c25-11(3-7-5-1-9(13(7)19(27)28)17(23(35)36)15(5)21(31)32)39-12(26)4-8-6-2-10(14(8)20(29)30)18(24(37)38)16(6)22(33)34/h5-10,13-18H,1-4H2,(H,27,28)(H,29,30)(H,31,32)(H,33,34)(H,35,36)(H,37,38). The van der Waals surface area contributed by atoms with Crippen LogP contribution in [0.3, 0.4) is 0 Å².